The number of phenolic OH excluding ortho intramolecular Hbond substituents is 1. The molecule has 0 amide bonds. The molecule has 6 heteroatoms. The summed E-state index contributed by atoms with van der Waals surface area (Å²) in [7, 11) is 0. The largest absolute Gasteiger partial charge is 0.507 e. The zero-order chi connectivity index (χ0) is 29.6. The van der Waals surface area contributed by atoms with Gasteiger partial charge in [0.25, 0.3) is 0 Å². The number of aryl methyl sites for hydroxylation is 1. The van der Waals surface area contributed by atoms with Crippen molar-refractivity contribution in [2.24, 2.45) is 0 Å². The van der Waals surface area contributed by atoms with Crippen molar-refractivity contribution in [2.75, 3.05) is 5.32 Å². The van der Waals surface area contributed by atoms with Gasteiger partial charge >= 0.3 is 0 Å². The van der Waals surface area contributed by atoms with Crippen LogP contribution in [0.5, 0.6) is 5.75 Å². The minimum atomic E-state index is -0.245. The lowest BCUT2D eigenvalue weighted by Gasteiger charge is -2.17. The van der Waals surface area contributed by atoms with Crippen molar-refractivity contribution in [3.05, 3.63) is 154 Å². The fourth-order valence-electron chi connectivity index (χ4n) is 5.61. The Morgan fingerprint density at radius 3 is 2.21 bits per heavy atom. The van der Waals surface area contributed by atoms with Crippen LogP contribution in [0.2, 0.25) is 0 Å². The summed E-state index contributed by atoms with van der Waals surface area (Å²) in [6.07, 6.45) is 3.91. The molecule has 2 aromatic heterocycles. The van der Waals surface area contributed by atoms with Gasteiger partial charge in [-0.15, -0.1) is 0 Å². The topological polar surface area (TPSA) is 66.6 Å². The standard InChI is InChI=1S/C37H32BrN3O2/c38-32-25-40-41-33(32)22-30(31-18-7-8-19-34(31)42)23-36(41)39-24-27-13-9-11-26(21-27)12-10-20-35(43)37(28-14-3-1-4-15-28)29-16-5-2-6-17-29/h1-9,11,13-19,21-23,25,37,39,42H,10,12,20,24H2. The number of fused-ring (bicyclic) bond motifs is 1. The number of anilines is 1. The number of benzene rings is 4. The summed E-state index contributed by atoms with van der Waals surface area (Å²) in [5.74, 6) is 1.06. The molecular weight excluding hydrogens is 598 g/mol. The van der Waals surface area contributed by atoms with Crippen molar-refractivity contribution in [2.45, 2.75) is 31.7 Å². The van der Waals surface area contributed by atoms with Gasteiger partial charge in [-0.3, -0.25) is 4.79 Å². The van der Waals surface area contributed by atoms with E-state index in [0.717, 1.165) is 56.5 Å². The maximum absolute atomic E-state index is 13.5. The fourth-order valence-corrected chi connectivity index (χ4v) is 5.98. The number of aromatic hydroxyl groups is 1. The molecule has 43 heavy (non-hydrogen) atoms. The second-order valence-corrected chi connectivity index (χ2v) is 11.5. The van der Waals surface area contributed by atoms with Crippen LogP contribution >= 0.6 is 15.9 Å². The average Bonchev–Trinajstić information content (AvgIpc) is 3.42. The second kappa shape index (κ2) is 13.1. The third kappa shape index (κ3) is 6.55. The van der Waals surface area contributed by atoms with Gasteiger partial charge in [-0.2, -0.15) is 5.10 Å². The van der Waals surface area contributed by atoms with Crippen molar-refractivity contribution in [3.63, 3.8) is 0 Å². The van der Waals surface area contributed by atoms with E-state index in [1.807, 2.05) is 95.5 Å². The molecule has 0 aliphatic rings. The van der Waals surface area contributed by atoms with Crippen molar-refractivity contribution < 1.29 is 9.90 Å². The quantitative estimate of drug-likeness (QED) is 0.150. The van der Waals surface area contributed by atoms with Crippen molar-refractivity contribution in [3.8, 4) is 16.9 Å². The third-order valence-corrected chi connectivity index (χ3v) is 8.34. The van der Waals surface area contributed by atoms with Crippen molar-refractivity contribution in [1.29, 1.82) is 0 Å². The normalized spacial score (nSPS) is 11.2. The third-order valence-electron chi connectivity index (χ3n) is 7.73. The summed E-state index contributed by atoms with van der Waals surface area (Å²) < 4.78 is 2.74. The van der Waals surface area contributed by atoms with Crippen molar-refractivity contribution in [1.82, 2.24) is 9.61 Å². The molecule has 0 bridgehead atoms. The number of carbonyl (C=O) groups excluding carboxylic acids is 1. The molecular formula is C37H32BrN3O2. The smallest absolute Gasteiger partial charge is 0.144 e. The van der Waals surface area contributed by atoms with E-state index in [9.17, 15) is 9.90 Å². The number of aromatic nitrogens is 2. The number of carbonyl (C=O) groups is 1. The number of ketones is 1. The van der Waals surface area contributed by atoms with Gasteiger partial charge in [0.15, 0.2) is 0 Å². The van der Waals surface area contributed by atoms with Crippen LogP contribution in [0.25, 0.3) is 16.6 Å². The van der Waals surface area contributed by atoms with E-state index in [1.54, 1.807) is 12.3 Å². The van der Waals surface area contributed by atoms with Crippen molar-refractivity contribution >= 4 is 33.0 Å². The molecule has 0 aliphatic carbocycles. The van der Waals surface area contributed by atoms with Crippen LogP contribution in [0.4, 0.5) is 5.82 Å². The Balaban J connectivity index is 1.14. The number of halogens is 1. The minimum Gasteiger partial charge on any atom is -0.507 e. The number of nitrogens with one attached hydrogen (secondary N) is 1. The van der Waals surface area contributed by atoms with Gasteiger partial charge in [-0.1, -0.05) is 103 Å². The molecule has 0 fully saturated rings. The van der Waals surface area contributed by atoms with Crippen LogP contribution in [0.15, 0.2) is 132 Å². The number of pyridine rings is 1. The second-order valence-electron chi connectivity index (χ2n) is 10.7. The van der Waals surface area contributed by atoms with Gasteiger partial charge in [0, 0.05) is 18.5 Å². The average molecular weight is 631 g/mol. The Morgan fingerprint density at radius 2 is 1.49 bits per heavy atom. The molecule has 4 aromatic carbocycles. The first kappa shape index (κ1) is 28.4. The van der Waals surface area contributed by atoms with Crippen LogP contribution in [0, 0.1) is 0 Å². The van der Waals surface area contributed by atoms with E-state index in [-0.39, 0.29) is 17.5 Å². The first-order valence-electron chi connectivity index (χ1n) is 14.5. The Kier molecular flexibility index (Phi) is 8.66. The van der Waals surface area contributed by atoms with Gasteiger partial charge in [-0.05, 0) is 74.8 Å². The van der Waals surface area contributed by atoms with Gasteiger partial charge in [0.05, 0.1) is 22.1 Å². The van der Waals surface area contributed by atoms with Crippen LogP contribution < -0.4 is 5.32 Å². The molecule has 5 nitrogen and oxygen atoms in total. The molecule has 0 spiro atoms. The lowest BCUT2D eigenvalue weighted by atomic mass is 9.85. The number of Topliss-reactive ketones (excluding diaryl/α,β-unsaturated/α-hetero) is 1. The highest BCUT2D eigenvalue weighted by molar-refractivity contribution is 9.10. The Bertz CT molecular complexity index is 1810. The highest BCUT2D eigenvalue weighted by Gasteiger charge is 2.22. The Labute approximate surface area is 260 Å². The summed E-state index contributed by atoms with van der Waals surface area (Å²) in [5, 5.41) is 18.5. The lowest BCUT2D eigenvalue weighted by Crippen LogP contribution is -2.14. The Hall–Kier alpha value is -4.68. The van der Waals surface area contributed by atoms with Gasteiger partial charge in [0.1, 0.15) is 17.4 Å². The van der Waals surface area contributed by atoms with E-state index in [0.29, 0.717) is 13.0 Å². The molecule has 0 atom stereocenters. The highest BCUT2D eigenvalue weighted by atomic mass is 79.9. The number of nitrogens with zero attached hydrogens (tertiary/aromatic N) is 2. The first-order valence-corrected chi connectivity index (χ1v) is 15.3. The molecule has 0 aliphatic heterocycles. The predicted octanol–water partition coefficient (Wildman–Crippen LogP) is 8.81. The fraction of sp³-hybridized carbons (Fsp3) is 0.135. The number of para-hydroxylation sites is 1. The molecule has 0 saturated heterocycles. The molecule has 214 valence electrons. The molecule has 0 radical (unpaired) electrons. The maximum Gasteiger partial charge on any atom is 0.144 e. The SMILES string of the molecule is O=C(CCCc1cccc(CNc2cc(-c3ccccc3O)cc3c(Br)cnn23)c1)C(c1ccccc1)c1ccccc1. The molecule has 6 aromatic rings. The zero-order valence-electron chi connectivity index (χ0n) is 23.7. The molecule has 2 N–H and O–H groups in total. The van der Waals surface area contributed by atoms with Crippen LogP contribution in [-0.2, 0) is 17.8 Å². The van der Waals surface area contributed by atoms with Crippen LogP contribution in [0.3, 0.4) is 0 Å². The van der Waals surface area contributed by atoms with Crippen LogP contribution in [-0.4, -0.2) is 20.5 Å². The van der Waals surface area contributed by atoms with E-state index in [1.165, 1.54) is 5.56 Å². The summed E-state index contributed by atoms with van der Waals surface area (Å²) in [6, 6.07) is 40.0. The van der Waals surface area contributed by atoms with E-state index in [2.05, 4.69) is 50.6 Å². The van der Waals surface area contributed by atoms with Crippen LogP contribution in [0.1, 0.15) is 41.0 Å². The molecule has 0 saturated carbocycles. The zero-order valence-corrected chi connectivity index (χ0v) is 25.2. The molecule has 6 rings (SSSR count). The number of hydrogen-bond donors (Lipinski definition) is 2. The summed E-state index contributed by atoms with van der Waals surface area (Å²) in [5.41, 5.74) is 7.00. The van der Waals surface area contributed by atoms with Gasteiger partial charge in [0.2, 0.25) is 0 Å². The van der Waals surface area contributed by atoms with Gasteiger partial charge < -0.3 is 10.4 Å². The Morgan fingerprint density at radius 1 is 0.814 bits per heavy atom. The molecule has 2 heterocycles. The first-order chi connectivity index (χ1) is 21.1. The maximum atomic E-state index is 13.5. The minimum absolute atomic E-state index is 0.235. The van der Waals surface area contributed by atoms with E-state index >= 15 is 0 Å². The van der Waals surface area contributed by atoms with Gasteiger partial charge in [-0.25, -0.2) is 4.52 Å². The monoisotopic (exact) mass is 629 g/mol. The predicted molar refractivity (Wildman–Crippen MR) is 176 cm³/mol. The number of rotatable bonds is 11. The lowest BCUT2D eigenvalue weighted by molar-refractivity contribution is -0.119. The summed E-state index contributed by atoms with van der Waals surface area (Å²) in [6.45, 7) is 0.605. The summed E-state index contributed by atoms with van der Waals surface area (Å²) >= 11 is 3.60. The highest BCUT2D eigenvalue weighted by Crippen LogP contribution is 2.34. The number of phenols is 1. The van der Waals surface area contributed by atoms with E-state index < -0.39 is 0 Å². The summed E-state index contributed by atoms with van der Waals surface area (Å²) in [4.78, 5) is 13.5. The van der Waals surface area contributed by atoms with E-state index in [4.69, 9.17) is 0 Å². The number of hydrogen-bond acceptors (Lipinski definition) is 4. The molecule has 0 unspecified atom stereocenters.